The highest BCUT2D eigenvalue weighted by Gasteiger charge is 2.20. The average Bonchev–Trinajstić information content (AvgIpc) is 3.79. The second kappa shape index (κ2) is 13.0. The van der Waals surface area contributed by atoms with Crippen LogP contribution in [0.5, 0.6) is 0 Å². The van der Waals surface area contributed by atoms with Crippen molar-refractivity contribution < 1.29 is 0 Å². The molecule has 0 saturated carbocycles. The minimum atomic E-state index is 0.484. The molecule has 56 heavy (non-hydrogen) atoms. The first kappa shape index (κ1) is 31.7. The van der Waals surface area contributed by atoms with E-state index < -0.39 is 0 Å². The van der Waals surface area contributed by atoms with Crippen molar-refractivity contribution in [3.05, 3.63) is 188 Å². The van der Waals surface area contributed by atoms with E-state index in [0.717, 1.165) is 38.6 Å². The van der Waals surface area contributed by atoms with Gasteiger partial charge >= 0.3 is 0 Å². The Balaban J connectivity index is 1.07. The van der Waals surface area contributed by atoms with Crippen molar-refractivity contribution in [2.24, 2.45) is 0 Å². The van der Waals surface area contributed by atoms with Crippen LogP contribution in [0.2, 0.25) is 0 Å². The zero-order valence-electron chi connectivity index (χ0n) is 30.0. The number of hydrogen-bond acceptors (Lipinski definition) is 5. The van der Waals surface area contributed by atoms with Crippen molar-refractivity contribution in [1.82, 2.24) is 34.1 Å². The second-order valence-corrected chi connectivity index (χ2v) is 13.8. The summed E-state index contributed by atoms with van der Waals surface area (Å²) in [6, 6.07) is 61.4. The molecule has 0 unspecified atom stereocenters. The molecule has 0 atom stereocenters. The highest BCUT2D eigenvalue weighted by Crippen LogP contribution is 2.38. The Hall–Kier alpha value is -7.77. The average molecular weight is 718 g/mol. The minimum Gasteiger partial charge on any atom is -0.309 e. The third-order valence-corrected chi connectivity index (χ3v) is 10.5. The van der Waals surface area contributed by atoms with Crippen LogP contribution in [0.1, 0.15) is 0 Å². The van der Waals surface area contributed by atoms with Crippen molar-refractivity contribution in [1.29, 1.82) is 0 Å². The van der Waals surface area contributed by atoms with E-state index >= 15 is 0 Å². The van der Waals surface area contributed by atoms with Crippen LogP contribution in [0.3, 0.4) is 0 Å². The van der Waals surface area contributed by atoms with Gasteiger partial charge in [-0.05, 0) is 95.1 Å². The predicted molar refractivity (Wildman–Crippen MR) is 226 cm³/mol. The fraction of sp³-hybridized carbons (Fsp3) is 0. The van der Waals surface area contributed by atoms with Gasteiger partial charge in [0.15, 0.2) is 11.6 Å². The monoisotopic (exact) mass is 717 g/mol. The highest BCUT2D eigenvalue weighted by atomic mass is 15.2. The summed E-state index contributed by atoms with van der Waals surface area (Å²) in [4.78, 5) is 24.0. The number of hydrogen-bond donors (Lipinski definition) is 0. The summed E-state index contributed by atoms with van der Waals surface area (Å²) >= 11 is 0. The lowest BCUT2D eigenvalue weighted by Gasteiger charge is -2.11. The molecular weight excluding hydrogens is 687 g/mol. The lowest BCUT2D eigenvalue weighted by Crippen LogP contribution is -2.07. The molecule has 11 rings (SSSR count). The highest BCUT2D eigenvalue weighted by molar-refractivity contribution is 6.12. The molecule has 7 nitrogen and oxygen atoms in total. The van der Waals surface area contributed by atoms with Crippen LogP contribution in [-0.2, 0) is 0 Å². The quantitative estimate of drug-likeness (QED) is 0.171. The SMILES string of the molecule is c1ccc(-c2cccc(-n3c4ccccc4c4cc(-c5ccc6c(c5)c5ccccc5n6-c5nc(-c6ccccn6)nc(-c6ccccn6)n5)ccc43)c2)cc1. The zero-order valence-corrected chi connectivity index (χ0v) is 30.0. The summed E-state index contributed by atoms with van der Waals surface area (Å²) < 4.78 is 4.50. The number of pyridine rings is 2. The lowest BCUT2D eigenvalue weighted by molar-refractivity contribution is 0.943. The molecule has 0 saturated heterocycles. The summed E-state index contributed by atoms with van der Waals surface area (Å²) in [7, 11) is 0. The summed E-state index contributed by atoms with van der Waals surface area (Å²) in [6.07, 6.45) is 3.50. The van der Waals surface area contributed by atoms with Crippen LogP contribution in [-0.4, -0.2) is 34.1 Å². The summed E-state index contributed by atoms with van der Waals surface area (Å²) in [5.74, 6) is 1.47. The molecule has 0 aliphatic rings. The van der Waals surface area contributed by atoms with Crippen LogP contribution in [0.15, 0.2) is 188 Å². The Bertz CT molecular complexity index is 3180. The summed E-state index contributed by atoms with van der Waals surface area (Å²) in [5, 5.41) is 4.64. The van der Waals surface area contributed by atoms with E-state index in [2.05, 4.69) is 159 Å². The first-order valence-corrected chi connectivity index (χ1v) is 18.6. The van der Waals surface area contributed by atoms with E-state index in [9.17, 15) is 0 Å². The molecule has 11 aromatic rings. The summed E-state index contributed by atoms with van der Waals surface area (Å²) in [5.41, 5.74) is 11.5. The van der Waals surface area contributed by atoms with Crippen molar-refractivity contribution in [2.45, 2.75) is 0 Å². The molecule has 5 aromatic heterocycles. The molecule has 6 aromatic carbocycles. The third-order valence-electron chi connectivity index (χ3n) is 10.5. The molecule has 0 radical (unpaired) electrons. The molecule has 0 bridgehead atoms. The maximum atomic E-state index is 5.01. The maximum Gasteiger partial charge on any atom is 0.238 e. The van der Waals surface area contributed by atoms with Gasteiger partial charge < -0.3 is 4.57 Å². The third kappa shape index (κ3) is 5.25. The van der Waals surface area contributed by atoms with Gasteiger partial charge in [0.1, 0.15) is 11.4 Å². The number of rotatable bonds is 6. The fourth-order valence-corrected chi connectivity index (χ4v) is 7.94. The standard InChI is InChI=1S/C49H31N7/c1-2-13-32(14-3-1)33-15-12-16-36(29-33)55-43-21-6-4-17-37(43)39-30-34(23-25-45(39)55)35-24-26-46-40(31-35)38-18-5-7-22-44(38)56(46)49-53-47(41-19-8-10-27-50-41)52-48(54-49)42-20-9-11-28-51-42/h1-31H. The van der Waals surface area contributed by atoms with E-state index in [0.29, 0.717) is 29.0 Å². The normalized spacial score (nSPS) is 11.6. The van der Waals surface area contributed by atoms with Crippen LogP contribution < -0.4 is 0 Å². The Morgan fingerprint density at radius 3 is 1.43 bits per heavy atom. The van der Waals surface area contributed by atoms with Gasteiger partial charge in [0.2, 0.25) is 5.95 Å². The van der Waals surface area contributed by atoms with Gasteiger partial charge in [0, 0.05) is 39.6 Å². The van der Waals surface area contributed by atoms with Gasteiger partial charge in [0.05, 0.1) is 22.1 Å². The molecule has 0 aliphatic carbocycles. The van der Waals surface area contributed by atoms with E-state index in [1.807, 2.05) is 36.4 Å². The Morgan fingerprint density at radius 2 is 0.821 bits per heavy atom. The first-order valence-electron chi connectivity index (χ1n) is 18.6. The van der Waals surface area contributed by atoms with E-state index in [4.69, 9.17) is 15.0 Å². The number of aromatic nitrogens is 7. The topological polar surface area (TPSA) is 74.3 Å². The molecule has 5 heterocycles. The molecule has 0 N–H and O–H groups in total. The first-order chi connectivity index (χ1) is 27.8. The molecular formula is C49H31N7. The maximum absolute atomic E-state index is 5.01. The largest absolute Gasteiger partial charge is 0.309 e. The van der Waals surface area contributed by atoms with Gasteiger partial charge in [-0.3, -0.25) is 14.5 Å². The number of benzene rings is 6. The van der Waals surface area contributed by atoms with E-state index in [-0.39, 0.29) is 0 Å². The second-order valence-electron chi connectivity index (χ2n) is 13.8. The van der Waals surface area contributed by atoms with Gasteiger partial charge in [-0.2, -0.15) is 9.97 Å². The van der Waals surface area contributed by atoms with Crippen LogP contribution in [0.4, 0.5) is 0 Å². The van der Waals surface area contributed by atoms with E-state index in [1.54, 1.807) is 12.4 Å². The van der Waals surface area contributed by atoms with Gasteiger partial charge in [-0.15, -0.1) is 0 Å². The smallest absolute Gasteiger partial charge is 0.238 e. The molecule has 262 valence electrons. The van der Waals surface area contributed by atoms with Gasteiger partial charge in [-0.25, -0.2) is 4.98 Å². The summed E-state index contributed by atoms with van der Waals surface area (Å²) in [6.45, 7) is 0. The molecule has 0 fully saturated rings. The van der Waals surface area contributed by atoms with E-state index in [1.165, 1.54) is 32.9 Å². The Morgan fingerprint density at radius 1 is 0.321 bits per heavy atom. The number of fused-ring (bicyclic) bond motifs is 6. The lowest BCUT2D eigenvalue weighted by atomic mass is 10.0. The molecule has 0 aliphatic heterocycles. The van der Waals surface area contributed by atoms with Crippen LogP contribution in [0, 0.1) is 0 Å². The number of nitrogens with zero attached hydrogens (tertiary/aromatic N) is 7. The Kier molecular flexibility index (Phi) is 7.35. The van der Waals surface area contributed by atoms with Crippen molar-refractivity contribution in [2.75, 3.05) is 0 Å². The van der Waals surface area contributed by atoms with Crippen LogP contribution >= 0.6 is 0 Å². The predicted octanol–water partition coefficient (Wildman–Crippen LogP) is 11.5. The van der Waals surface area contributed by atoms with Gasteiger partial charge in [-0.1, -0.05) is 103 Å². The number of para-hydroxylation sites is 2. The molecule has 0 amide bonds. The zero-order chi connectivity index (χ0) is 37.0. The van der Waals surface area contributed by atoms with Crippen molar-refractivity contribution in [3.63, 3.8) is 0 Å². The molecule has 7 heteroatoms. The fourth-order valence-electron chi connectivity index (χ4n) is 7.94. The Labute approximate surface area is 321 Å². The van der Waals surface area contributed by atoms with Crippen LogP contribution in [0.25, 0.3) is 101 Å². The van der Waals surface area contributed by atoms with Crippen molar-refractivity contribution >= 4 is 43.6 Å². The molecule has 0 spiro atoms. The minimum absolute atomic E-state index is 0.484. The van der Waals surface area contributed by atoms with Crippen molar-refractivity contribution in [3.8, 4) is 56.9 Å². The van der Waals surface area contributed by atoms with Gasteiger partial charge in [0.25, 0.3) is 0 Å².